The third-order valence-corrected chi connectivity index (χ3v) is 6.25. The second kappa shape index (κ2) is 13.0. The van der Waals surface area contributed by atoms with Gasteiger partial charge < -0.3 is 20.3 Å². The highest BCUT2D eigenvalue weighted by molar-refractivity contribution is 7.98. The Bertz CT molecular complexity index is 968. The van der Waals surface area contributed by atoms with E-state index in [-0.39, 0.29) is 35.9 Å². The van der Waals surface area contributed by atoms with E-state index in [2.05, 4.69) is 10.6 Å². The van der Waals surface area contributed by atoms with E-state index in [1.54, 1.807) is 40.9 Å². The zero-order valence-corrected chi connectivity index (χ0v) is 20.0. The predicted octanol–water partition coefficient (Wildman–Crippen LogP) is 2.86. The van der Waals surface area contributed by atoms with Gasteiger partial charge in [0, 0.05) is 19.1 Å². The number of hydrogen-bond acceptors (Lipinski definition) is 5. The molecule has 0 bridgehead atoms. The molecule has 0 saturated carbocycles. The van der Waals surface area contributed by atoms with E-state index < -0.39 is 11.9 Å². The predicted molar refractivity (Wildman–Crippen MR) is 130 cm³/mol. The average molecular weight is 488 g/mol. The molecule has 1 saturated heterocycles. The summed E-state index contributed by atoms with van der Waals surface area (Å²) in [5, 5.41) is 5.77. The van der Waals surface area contributed by atoms with Gasteiger partial charge in [-0.2, -0.15) is 11.8 Å². The molecule has 3 rings (SSSR count). The Balaban J connectivity index is 1.48. The van der Waals surface area contributed by atoms with Gasteiger partial charge in [-0.3, -0.25) is 14.4 Å². The average Bonchev–Trinajstić information content (AvgIpc) is 2.86. The summed E-state index contributed by atoms with van der Waals surface area (Å²) in [4.78, 5) is 39.5. The van der Waals surface area contributed by atoms with Crippen LogP contribution in [0.25, 0.3) is 0 Å². The van der Waals surface area contributed by atoms with Crippen molar-refractivity contribution in [1.29, 1.82) is 0 Å². The van der Waals surface area contributed by atoms with Gasteiger partial charge in [0.25, 0.3) is 11.8 Å². The molecule has 1 aliphatic rings. The number of para-hydroxylation sites is 1. The molecule has 0 spiro atoms. The lowest BCUT2D eigenvalue weighted by Crippen LogP contribution is -2.53. The molecular weight excluding hydrogens is 457 g/mol. The summed E-state index contributed by atoms with van der Waals surface area (Å²) in [7, 11) is 0. The summed E-state index contributed by atoms with van der Waals surface area (Å²) in [6, 6.07) is 14.2. The maximum Gasteiger partial charge on any atom is 0.258 e. The molecule has 182 valence electrons. The van der Waals surface area contributed by atoms with Crippen LogP contribution in [0.15, 0.2) is 54.6 Å². The van der Waals surface area contributed by atoms with Crippen molar-refractivity contribution in [3.05, 3.63) is 66.0 Å². The van der Waals surface area contributed by atoms with Crippen molar-refractivity contribution in [2.24, 2.45) is 0 Å². The zero-order chi connectivity index (χ0) is 24.3. The van der Waals surface area contributed by atoms with Gasteiger partial charge in [0.2, 0.25) is 5.91 Å². The van der Waals surface area contributed by atoms with Crippen LogP contribution in [-0.4, -0.2) is 66.4 Å². The monoisotopic (exact) mass is 487 g/mol. The normalized spacial score (nSPS) is 14.8. The SMILES string of the molecule is CSCC[C@@H](NC(=O)COc1ccccc1)C(=O)NC1CCN(C(=O)c2ccccc2F)CC1. The largest absolute Gasteiger partial charge is 0.484 e. The Morgan fingerprint density at radius 2 is 1.76 bits per heavy atom. The topological polar surface area (TPSA) is 87.7 Å². The number of piperidine rings is 1. The number of benzene rings is 2. The Morgan fingerprint density at radius 1 is 1.09 bits per heavy atom. The number of halogens is 1. The summed E-state index contributed by atoms with van der Waals surface area (Å²) < 4.78 is 19.4. The van der Waals surface area contributed by atoms with E-state index in [0.29, 0.717) is 43.9 Å². The molecule has 34 heavy (non-hydrogen) atoms. The summed E-state index contributed by atoms with van der Waals surface area (Å²) in [5.41, 5.74) is 0.0579. The number of amides is 3. The van der Waals surface area contributed by atoms with Crippen LogP contribution < -0.4 is 15.4 Å². The molecule has 1 atom stereocenters. The first-order chi connectivity index (χ1) is 16.5. The molecule has 1 fully saturated rings. The highest BCUT2D eigenvalue weighted by Gasteiger charge is 2.28. The second-order valence-corrected chi connectivity index (χ2v) is 9.04. The molecule has 0 aliphatic carbocycles. The number of thioether (sulfide) groups is 1. The van der Waals surface area contributed by atoms with Crippen LogP contribution in [-0.2, 0) is 9.59 Å². The van der Waals surface area contributed by atoms with Crippen molar-refractivity contribution in [3.63, 3.8) is 0 Å². The van der Waals surface area contributed by atoms with Gasteiger partial charge in [0.1, 0.15) is 17.6 Å². The Morgan fingerprint density at radius 3 is 2.44 bits per heavy atom. The number of carbonyl (C=O) groups excluding carboxylic acids is 3. The van der Waals surface area contributed by atoms with Crippen molar-refractivity contribution >= 4 is 29.5 Å². The van der Waals surface area contributed by atoms with Gasteiger partial charge in [-0.15, -0.1) is 0 Å². The smallest absolute Gasteiger partial charge is 0.258 e. The van der Waals surface area contributed by atoms with Crippen molar-refractivity contribution in [2.75, 3.05) is 31.7 Å². The first-order valence-electron chi connectivity index (χ1n) is 11.3. The standard InChI is InChI=1S/C25H30FN3O4S/c1-34-16-13-22(28-23(30)17-33-19-7-3-2-4-8-19)24(31)27-18-11-14-29(15-12-18)25(32)20-9-5-6-10-21(20)26/h2-10,18,22H,11-17H2,1H3,(H,27,31)(H,28,30)/t22-/m1/s1. The third kappa shape index (κ3) is 7.48. The molecule has 7 nitrogen and oxygen atoms in total. The molecule has 1 heterocycles. The molecule has 0 unspecified atom stereocenters. The Labute approximate surface area is 203 Å². The lowest BCUT2D eigenvalue weighted by molar-refractivity contribution is -0.130. The lowest BCUT2D eigenvalue weighted by atomic mass is 10.0. The van der Waals surface area contributed by atoms with E-state index in [1.807, 2.05) is 24.5 Å². The van der Waals surface area contributed by atoms with Crippen LogP contribution in [0.3, 0.4) is 0 Å². The fourth-order valence-corrected chi connectivity index (χ4v) is 4.21. The fraction of sp³-hybridized carbons (Fsp3) is 0.400. The molecular formula is C25H30FN3O4S. The fourth-order valence-electron chi connectivity index (χ4n) is 3.74. The maximum absolute atomic E-state index is 13.9. The first-order valence-corrected chi connectivity index (χ1v) is 12.7. The summed E-state index contributed by atoms with van der Waals surface area (Å²) in [5.74, 6) is -0.193. The van der Waals surface area contributed by atoms with Crippen LogP contribution in [0.5, 0.6) is 5.75 Å². The van der Waals surface area contributed by atoms with Crippen LogP contribution in [0.4, 0.5) is 4.39 Å². The van der Waals surface area contributed by atoms with Crippen molar-refractivity contribution in [1.82, 2.24) is 15.5 Å². The molecule has 2 N–H and O–H groups in total. The highest BCUT2D eigenvalue weighted by Crippen LogP contribution is 2.16. The van der Waals surface area contributed by atoms with Crippen molar-refractivity contribution < 1.29 is 23.5 Å². The number of nitrogens with zero attached hydrogens (tertiary/aromatic N) is 1. The van der Waals surface area contributed by atoms with Gasteiger partial charge in [-0.05, 0) is 55.5 Å². The summed E-state index contributed by atoms with van der Waals surface area (Å²) in [6.07, 6.45) is 3.56. The van der Waals surface area contributed by atoms with Crippen LogP contribution >= 0.6 is 11.8 Å². The minimum absolute atomic E-state index is 0.0579. The first kappa shape index (κ1) is 25.6. The molecule has 0 radical (unpaired) electrons. The zero-order valence-electron chi connectivity index (χ0n) is 19.2. The van der Waals surface area contributed by atoms with E-state index in [0.717, 1.165) is 0 Å². The summed E-state index contributed by atoms with van der Waals surface area (Å²) >= 11 is 1.60. The molecule has 9 heteroatoms. The van der Waals surface area contributed by atoms with E-state index in [1.165, 1.54) is 12.1 Å². The van der Waals surface area contributed by atoms with Crippen LogP contribution in [0, 0.1) is 5.82 Å². The van der Waals surface area contributed by atoms with Crippen molar-refractivity contribution in [2.45, 2.75) is 31.3 Å². The molecule has 3 amide bonds. The van der Waals surface area contributed by atoms with E-state index in [4.69, 9.17) is 4.74 Å². The van der Waals surface area contributed by atoms with Gasteiger partial charge in [0.15, 0.2) is 6.61 Å². The van der Waals surface area contributed by atoms with Crippen molar-refractivity contribution in [3.8, 4) is 5.75 Å². The van der Waals surface area contributed by atoms with Gasteiger partial charge in [-0.25, -0.2) is 4.39 Å². The van der Waals surface area contributed by atoms with Gasteiger partial charge in [-0.1, -0.05) is 30.3 Å². The number of carbonyl (C=O) groups is 3. The number of nitrogens with one attached hydrogen (secondary N) is 2. The van der Waals surface area contributed by atoms with E-state index in [9.17, 15) is 18.8 Å². The number of hydrogen-bond donors (Lipinski definition) is 2. The van der Waals surface area contributed by atoms with Crippen LogP contribution in [0.1, 0.15) is 29.6 Å². The molecule has 0 aromatic heterocycles. The molecule has 2 aromatic carbocycles. The minimum atomic E-state index is -0.669. The Kier molecular flexibility index (Phi) is 9.75. The van der Waals surface area contributed by atoms with Gasteiger partial charge in [0.05, 0.1) is 5.56 Å². The lowest BCUT2D eigenvalue weighted by Gasteiger charge is -2.33. The maximum atomic E-state index is 13.9. The second-order valence-electron chi connectivity index (χ2n) is 8.06. The number of ether oxygens (including phenoxy) is 1. The van der Waals surface area contributed by atoms with Gasteiger partial charge >= 0.3 is 0 Å². The highest BCUT2D eigenvalue weighted by atomic mass is 32.2. The molecule has 1 aliphatic heterocycles. The minimum Gasteiger partial charge on any atom is -0.484 e. The molecule has 2 aromatic rings. The number of rotatable bonds is 10. The number of likely N-dealkylation sites (tertiary alicyclic amines) is 1. The Hall–Kier alpha value is -3.07. The third-order valence-electron chi connectivity index (χ3n) is 5.61. The van der Waals surface area contributed by atoms with E-state index >= 15 is 0 Å². The summed E-state index contributed by atoms with van der Waals surface area (Å²) in [6.45, 7) is 0.666. The quantitative estimate of drug-likeness (QED) is 0.538. The van der Waals surface area contributed by atoms with Crippen LogP contribution in [0.2, 0.25) is 0 Å².